The summed E-state index contributed by atoms with van der Waals surface area (Å²) in [5, 5.41) is 14.9. The second-order valence-electron chi connectivity index (χ2n) is 26.2. The SMILES string of the molecule is C=CCOC(=O)O[C@H]1[C@H](OCCCCCCCCCC)[C@@H](NC(=O)CC(=O)CCCCCCCCCCC)[C@@H](O)O[C@@H]1CO[C@@H]1O[C@H](COC)[C@@H](OP(=O)(OCC=C)OCC=C)[C@H](OCC[C@@H](CCCCCCC)OC)[C@H]1OC(=O)CCCCCCCCC/C=C\CCCCCC. The van der Waals surface area contributed by atoms with E-state index in [9.17, 15) is 28.8 Å². The molecule has 20 nitrogen and oxygen atoms in total. The van der Waals surface area contributed by atoms with Gasteiger partial charge >= 0.3 is 19.9 Å². The lowest BCUT2D eigenvalue weighted by Gasteiger charge is -2.47. The van der Waals surface area contributed by atoms with Gasteiger partial charge in [0.2, 0.25) is 5.91 Å². The van der Waals surface area contributed by atoms with Crippen LogP contribution in [0.5, 0.6) is 0 Å². The number of ether oxygens (including phenoxy) is 10. The van der Waals surface area contributed by atoms with Crippen molar-refractivity contribution >= 4 is 31.6 Å². The predicted octanol–water partition coefficient (Wildman–Crippen LogP) is 17.7. The fraction of sp³-hybridized carbons (Fsp3) is 0.842. The highest BCUT2D eigenvalue weighted by Gasteiger charge is 2.55. The summed E-state index contributed by atoms with van der Waals surface area (Å²) in [6.07, 6.45) is 32.8. The summed E-state index contributed by atoms with van der Waals surface area (Å²) in [5.41, 5.74) is 0. The number of nitrogens with one attached hydrogen (secondary N) is 1. The number of carbonyl (C=O) groups excluding carboxylic acids is 4. The molecule has 0 aromatic heterocycles. The lowest BCUT2D eigenvalue weighted by Crippen LogP contribution is -2.66. The third-order valence-corrected chi connectivity index (χ3v) is 19.1. The number of hydrogen-bond donors (Lipinski definition) is 2. The standard InChI is InChI=1S/C76H136NO19P/c1-10-17-21-25-28-31-32-33-34-35-36-38-40-44-48-52-67(80)94-73-72(87-58-53-63(85-9)51-47-42-24-20-13-4)70(96-97(83,90-55-15-6)91-56-16-7)64(60-84-8)93-75(73)89-61-65-69(95-76(82)88-54-14-5)71(86-57-49-45-41-30-27-23-19-12-3)68(74(81)92-65)77-66(79)59-62(78)50-46-43-39-37-29-26-22-18-11-2/h14-16,31-32,63-65,68-75,81H,5-7,10-13,17-30,33-61H2,1-4,8-9H3,(H,77,79)/b32-31-/t63-,64-,65-,68-,69-,70-,71-,72+,73-,74+,75-/m1/s1. The Hall–Kier alpha value is -3.37. The third kappa shape index (κ3) is 42.6. The van der Waals surface area contributed by atoms with E-state index >= 15 is 0 Å². The lowest BCUT2D eigenvalue weighted by atomic mass is 9.95. The Labute approximate surface area is 586 Å². The Morgan fingerprint density at radius 1 is 0.515 bits per heavy atom. The number of unbranched alkanes of at least 4 members (excludes halogenated alkanes) is 30. The zero-order chi connectivity index (χ0) is 70.8. The monoisotopic (exact) mass is 1400 g/mol. The first-order valence-corrected chi connectivity index (χ1v) is 39.5. The predicted molar refractivity (Wildman–Crippen MR) is 382 cm³/mol. The van der Waals surface area contributed by atoms with Gasteiger partial charge in [0.15, 0.2) is 24.8 Å². The molecule has 2 fully saturated rings. The van der Waals surface area contributed by atoms with E-state index in [-0.39, 0.29) is 64.4 Å². The summed E-state index contributed by atoms with van der Waals surface area (Å²) in [6.45, 7) is 18.7. The molecular weight excluding hydrogens is 1260 g/mol. The van der Waals surface area contributed by atoms with Gasteiger partial charge < -0.3 is 57.8 Å². The van der Waals surface area contributed by atoms with Gasteiger partial charge in [-0.2, -0.15) is 0 Å². The molecule has 2 N–H and O–H groups in total. The minimum Gasteiger partial charge on any atom is -0.454 e. The van der Waals surface area contributed by atoms with Gasteiger partial charge in [0, 0.05) is 40.3 Å². The Morgan fingerprint density at radius 2 is 1.01 bits per heavy atom. The van der Waals surface area contributed by atoms with Crippen LogP contribution in [0.25, 0.3) is 0 Å². The number of amides is 1. The largest absolute Gasteiger partial charge is 0.509 e. The number of phosphoric ester groups is 1. The van der Waals surface area contributed by atoms with Gasteiger partial charge in [-0.05, 0) is 57.8 Å². The number of hydrogen-bond acceptors (Lipinski definition) is 19. The fourth-order valence-corrected chi connectivity index (χ4v) is 13.5. The molecule has 0 bridgehead atoms. The summed E-state index contributed by atoms with van der Waals surface area (Å²) in [4.78, 5) is 55.3. The van der Waals surface area contributed by atoms with Crippen molar-refractivity contribution in [2.45, 2.75) is 352 Å². The van der Waals surface area contributed by atoms with E-state index in [4.69, 9.17) is 60.9 Å². The molecule has 11 atom stereocenters. The van der Waals surface area contributed by atoms with Crippen LogP contribution in [-0.4, -0.2) is 157 Å². The van der Waals surface area contributed by atoms with Gasteiger partial charge in [-0.1, -0.05) is 244 Å². The fourth-order valence-electron chi connectivity index (χ4n) is 12.1. The van der Waals surface area contributed by atoms with Crippen LogP contribution in [0, 0.1) is 0 Å². The normalized spacial score (nSPS) is 21.5. The molecule has 1 amide bonds. The number of phosphoric acid groups is 1. The first-order valence-electron chi connectivity index (χ1n) is 38.0. The minimum absolute atomic E-state index is 0.0374. The van der Waals surface area contributed by atoms with Crippen LogP contribution in [0.4, 0.5) is 4.79 Å². The summed E-state index contributed by atoms with van der Waals surface area (Å²) in [7, 11) is -1.41. The van der Waals surface area contributed by atoms with Gasteiger partial charge in [-0.15, -0.1) is 13.2 Å². The second kappa shape index (κ2) is 60.2. The van der Waals surface area contributed by atoms with Crippen molar-refractivity contribution in [2.24, 2.45) is 0 Å². The van der Waals surface area contributed by atoms with Crippen LogP contribution < -0.4 is 5.32 Å². The molecule has 0 spiro atoms. The highest BCUT2D eigenvalue weighted by Crippen LogP contribution is 2.53. The van der Waals surface area contributed by atoms with Crippen molar-refractivity contribution in [3.63, 3.8) is 0 Å². The van der Waals surface area contributed by atoms with Crippen molar-refractivity contribution in [1.82, 2.24) is 5.32 Å². The molecule has 0 aromatic carbocycles. The van der Waals surface area contributed by atoms with Crippen LogP contribution in [0.15, 0.2) is 50.1 Å². The zero-order valence-electron chi connectivity index (χ0n) is 61.3. The maximum Gasteiger partial charge on any atom is 0.509 e. The lowest BCUT2D eigenvalue weighted by molar-refractivity contribution is -0.325. The van der Waals surface area contributed by atoms with Crippen molar-refractivity contribution in [1.29, 1.82) is 0 Å². The molecule has 0 unspecified atom stereocenters. The van der Waals surface area contributed by atoms with E-state index in [1.807, 2.05) is 0 Å². The number of esters is 1. The Balaban J connectivity index is 2.65. The van der Waals surface area contributed by atoms with E-state index in [1.165, 1.54) is 83.1 Å². The molecular formula is C76H136NO19P. The van der Waals surface area contributed by atoms with Crippen molar-refractivity contribution in [2.75, 3.05) is 60.5 Å². The molecule has 97 heavy (non-hydrogen) atoms. The van der Waals surface area contributed by atoms with Crippen LogP contribution in [0.2, 0.25) is 0 Å². The second-order valence-corrected chi connectivity index (χ2v) is 27.8. The number of Topliss-reactive ketones (excluding diaryl/α,β-unsaturated/α-hetero) is 1. The molecule has 2 heterocycles. The minimum atomic E-state index is -4.51. The van der Waals surface area contributed by atoms with Gasteiger partial charge in [0.25, 0.3) is 0 Å². The average Bonchev–Trinajstić information content (AvgIpc) is 0.787. The van der Waals surface area contributed by atoms with Crippen molar-refractivity contribution < 1.29 is 89.8 Å². The highest BCUT2D eigenvalue weighted by molar-refractivity contribution is 7.48. The molecule has 564 valence electrons. The smallest absolute Gasteiger partial charge is 0.454 e. The Kier molecular flexibility index (Phi) is 55.7. The maximum absolute atomic E-state index is 14.7. The molecule has 0 aromatic rings. The van der Waals surface area contributed by atoms with E-state index in [2.05, 4.69) is 64.9 Å². The van der Waals surface area contributed by atoms with Crippen LogP contribution >= 0.6 is 7.82 Å². The molecule has 21 heteroatoms. The molecule has 2 aliphatic heterocycles. The number of aliphatic hydroxyl groups is 1. The number of rotatable bonds is 66. The van der Waals surface area contributed by atoms with Crippen LogP contribution in [0.3, 0.4) is 0 Å². The molecule has 2 aliphatic rings. The number of methoxy groups -OCH3 is 2. The van der Waals surface area contributed by atoms with Gasteiger partial charge in [-0.25, -0.2) is 9.36 Å². The van der Waals surface area contributed by atoms with Crippen LogP contribution in [0.1, 0.15) is 285 Å². The average molecular weight is 1400 g/mol. The molecule has 2 saturated heterocycles. The molecule has 0 radical (unpaired) electrons. The summed E-state index contributed by atoms with van der Waals surface area (Å²) >= 11 is 0. The Morgan fingerprint density at radius 3 is 1.56 bits per heavy atom. The summed E-state index contributed by atoms with van der Waals surface area (Å²) < 4.78 is 95.2. The number of ketones is 1. The topological polar surface area (TPSA) is 238 Å². The van der Waals surface area contributed by atoms with E-state index < -0.39 is 100 Å². The quantitative estimate of drug-likeness (QED) is 0.0189. The maximum atomic E-state index is 14.7. The molecule has 2 rings (SSSR count). The molecule has 0 aliphatic carbocycles. The van der Waals surface area contributed by atoms with Crippen molar-refractivity contribution in [3.05, 3.63) is 50.1 Å². The zero-order valence-corrected chi connectivity index (χ0v) is 62.2. The first-order chi connectivity index (χ1) is 47.3. The number of carbonyl (C=O) groups is 4. The van der Waals surface area contributed by atoms with Crippen LogP contribution in [-0.2, 0) is 79.9 Å². The van der Waals surface area contributed by atoms with E-state index in [0.29, 0.717) is 25.7 Å². The summed E-state index contributed by atoms with van der Waals surface area (Å²) in [5.74, 6) is -1.50. The summed E-state index contributed by atoms with van der Waals surface area (Å²) in [6, 6.07) is -1.34. The highest BCUT2D eigenvalue weighted by atomic mass is 31.2. The number of aliphatic hydroxyl groups excluding tert-OH is 1. The molecule has 0 saturated carbocycles. The third-order valence-electron chi connectivity index (χ3n) is 17.7. The number of allylic oxidation sites excluding steroid dienone is 2. The van der Waals surface area contributed by atoms with E-state index in [1.54, 1.807) is 7.11 Å². The van der Waals surface area contributed by atoms with E-state index in [0.717, 1.165) is 154 Å². The van der Waals surface area contributed by atoms with Gasteiger partial charge in [0.05, 0.1) is 39.0 Å². The van der Waals surface area contributed by atoms with Crippen molar-refractivity contribution in [3.8, 4) is 0 Å². The first kappa shape index (κ1) is 89.7. The van der Waals surface area contributed by atoms with Gasteiger partial charge in [0.1, 0.15) is 49.0 Å². The van der Waals surface area contributed by atoms with Gasteiger partial charge in [-0.3, -0.25) is 28.0 Å². The Bertz CT molecular complexity index is 2070.